The molecule has 1 N–H and O–H groups in total. The van der Waals surface area contributed by atoms with Crippen molar-refractivity contribution in [1.82, 2.24) is 9.97 Å². The van der Waals surface area contributed by atoms with Crippen molar-refractivity contribution in [2.24, 2.45) is 0 Å². The first-order valence-corrected chi connectivity index (χ1v) is 20.9. The van der Waals surface area contributed by atoms with E-state index in [2.05, 4.69) is 187 Å². The highest BCUT2D eigenvalue weighted by Crippen LogP contribution is 2.42. The van der Waals surface area contributed by atoms with E-state index in [1.54, 1.807) is 0 Å². The molecule has 8 aromatic rings. The molecule has 1 unspecified atom stereocenters. The first-order chi connectivity index (χ1) is 28.8. The fraction of sp³-hybridized carbons (Fsp3) is 0.179. The van der Waals surface area contributed by atoms with Crippen molar-refractivity contribution in [2.75, 3.05) is 4.90 Å². The largest absolute Gasteiger partial charge is 0.507 e. The Hall–Kier alpha value is -6.78. The first kappa shape index (κ1) is 40.0. The fourth-order valence-corrected chi connectivity index (χ4v) is 7.77. The zero-order chi connectivity index (χ0) is 42.0. The number of aromatic nitrogens is 2. The van der Waals surface area contributed by atoms with Crippen molar-refractivity contribution in [3.05, 3.63) is 204 Å². The van der Waals surface area contributed by atoms with Crippen LogP contribution in [0.2, 0.25) is 0 Å². The van der Waals surface area contributed by atoms with Crippen LogP contribution in [0.1, 0.15) is 76.6 Å². The molecule has 0 saturated carbocycles. The molecule has 0 aliphatic carbocycles. The molecule has 4 nitrogen and oxygen atoms in total. The van der Waals surface area contributed by atoms with Gasteiger partial charge >= 0.3 is 0 Å². The lowest BCUT2D eigenvalue weighted by Crippen LogP contribution is -2.16. The number of hydrogen-bond acceptors (Lipinski definition) is 4. The van der Waals surface area contributed by atoms with Crippen LogP contribution in [0.25, 0.3) is 44.8 Å². The van der Waals surface area contributed by atoms with Gasteiger partial charge in [-0.15, -0.1) is 0 Å². The molecule has 6 aromatic carbocycles. The molecule has 0 aliphatic heterocycles. The van der Waals surface area contributed by atoms with Crippen LogP contribution >= 0.6 is 0 Å². The smallest absolute Gasteiger partial charge is 0.137 e. The molecule has 2 heterocycles. The number of pyridine rings is 2. The van der Waals surface area contributed by atoms with Crippen molar-refractivity contribution in [3.8, 4) is 50.5 Å². The minimum Gasteiger partial charge on any atom is -0.507 e. The summed E-state index contributed by atoms with van der Waals surface area (Å²) in [6.07, 6.45) is 1.85. The lowest BCUT2D eigenvalue weighted by atomic mass is 9.84. The van der Waals surface area contributed by atoms with Gasteiger partial charge in [0.15, 0.2) is 0 Å². The highest BCUT2D eigenvalue weighted by atomic mass is 16.3. The van der Waals surface area contributed by atoms with Crippen LogP contribution in [0, 0.1) is 0 Å². The zero-order valence-electron chi connectivity index (χ0n) is 35.7. The van der Waals surface area contributed by atoms with Gasteiger partial charge in [-0.25, -0.2) is 9.97 Å². The number of nitrogens with zero attached hydrogens (tertiary/aromatic N) is 3. The standard InChI is InChI=1S/C56H53N3O/c1-38(39-16-10-8-11-17-39)40-23-28-48(29-24-40)59(54-20-14-15-31-57-54)49-33-45(32-47(37-49)56(5,6)7)51-34-44(42-21-26-46(27-22-42)55(2,3)4)35-52(58-51)50-30-25-43(36-53(50)60)41-18-12-9-13-19-41/h8-38,60H,1-7H3. The minimum atomic E-state index is -0.176. The Labute approximate surface area is 355 Å². The summed E-state index contributed by atoms with van der Waals surface area (Å²) in [5.41, 5.74) is 14.1. The molecule has 0 spiro atoms. The van der Waals surface area contributed by atoms with Crippen LogP contribution < -0.4 is 4.90 Å². The fourth-order valence-electron chi connectivity index (χ4n) is 7.77. The van der Waals surface area contributed by atoms with E-state index in [-0.39, 0.29) is 22.5 Å². The van der Waals surface area contributed by atoms with Gasteiger partial charge in [-0.3, -0.25) is 4.90 Å². The Morgan fingerprint density at radius 3 is 1.70 bits per heavy atom. The number of anilines is 3. The summed E-state index contributed by atoms with van der Waals surface area (Å²) < 4.78 is 0. The van der Waals surface area contributed by atoms with E-state index in [1.807, 2.05) is 48.7 Å². The van der Waals surface area contributed by atoms with E-state index in [1.165, 1.54) is 22.3 Å². The van der Waals surface area contributed by atoms with Gasteiger partial charge in [-0.1, -0.05) is 158 Å². The Morgan fingerprint density at radius 2 is 1.07 bits per heavy atom. The molecule has 8 rings (SSSR count). The molecule has 0 aliphatic rings. The van der Waals surface area contributed by atoms with Crippen molar-refractivity contribution in [2.45, 2.75) is 65.2 Å². The van der Waals surface area contributed by atoms with E-state index < -0.39 is 0 Å². The van der Waals surface area contributed by atoms with E-state index in [4.69, 9.17) is 9.97 Å². The number of hydrogen-bond donors (Lipinski definition) is 1. The maximum absolute atomic E-state index is 11.6. The lowest BCUT2D eigenvalue weighted by molar-refractivity contribution is 0.477. The molecule has 2 aromatic heterocycles. The van der Waals surface area contributed by atoms with E-state index in [0.29, 0.717) is 11.3 Å². The second-order valence-electron chi connectivity index (χ2n) is 17.8. The Kier molecular flexibility index (Phi) is 11.0. The van der Waals surface area contributed by atoms with Crippen LogP contribution in [-0.4, -0.2) is 15.1 Å². The van der Waals surface area contributed by atoms with Crippen LogP contribution in [0.5, 0.6) is 5.75 Å². The predicted octanol–water partition coefficient (Wildman–Crippen LogP) is 15.1. The maximum atomic E-state index is 11.6. The number of benzene rings is 6. The lowest BCUT2D eigenvalue weighted by Gasteiger charge is -2.28. The SMILES string of the molecule is CC(c1ccccc1)c1ccc(N(c2cc(-c3cc(-c4ccc(C(C)(C)C)cc4)cc(-c4ccc(-c5ccccc5)cc4O)n3)cc(C(C)(C)C)c2)c2ccccn2)cc1. The average molecular weight is 784 g/mol. The summed E-state index contributed by atoms with van der Waals surface area (Å²) >= 11 is 0. The molecule has 4 heteroatoms. The molecular weight excluding hydrogens is 731 g/mol. The molecular formula is C56H53N3O. The van der Waals surface area contributed by atoms with E-state index >= 15 is 0 Å². The Morgan fingerprint density at radius 1 is 0.467 bits per heavy atom. The van der Waals surface area contributed by atoms with Crippen LogP contribution in [0.4, 0.5) is 17.2 Å². The summed E-state index contributed by atoms with van der Waals surface area (Å²) in [7, 11) is 0. The van der Waals surface area contributed by atoms with Gasteiger partial charge in [0.25, 0.3) is 0 Å². The third kappa shape index (κ3) is 8.65. The van der Waals surface area contributed by atoms with Crippen molar-refractivity contribution in [1.29, 1.82) is 0 Å². The summed E-state index contributed by atoms with van der Waals surface area (Å²) in [5, 5.41) is 11.6. The zero-order valence-corrected chi connectivity index (χ0v) is 35.7. The highest BCUT2D eigenvalue weighted by molar-refractivity contribution is 5.83. The normalized spacial score (nSPS) is 12.2. The third-order valence-corrected chi connectivity index (χ3v) is 11.5. The van der Waals surface area contributed by atoms with Crippen LogP contribution in [-0.2, 0) is 10.8 Å². The minimum absolute atomic E-state index is 0.0309. The Bertz CT molecular complexity index is 2710. The maximum Gasteiger partial charge on any atom is 0.137 e. The van der Waals surface area contributed by atoms with Gasteiger partial charge in [0.1, 0.15) is 11.6 Å². The third-order valence-electron chi connectivity index (χ3n) is 11.5. The number of rotatable bonds is 9. The highest BCUT2D eigenvalue weighted by Gasteiger charge is 2.23. The predicted molar refractivity (Wildman–Crippen MR) is 251 cm³/mol. The summed E-state index contributed by atoms with van der Waals surface area (Å²) in [5.74, 6) is 1.26. The van der Waals surface area contributed by atoms with E-state index in [9.17, 15) is 5.11 Å². The van der Waals surface area contributed by atoms with Crippen LogP contribution in [0.3, 0.4) is 0 Å². The number of phenolic OH excluding ortho intramolecular Hbond substituents is 1. The molecule has 0 radical (unpaired) electrons. The van der Waals surface area contributed by atoms with Crippen molar-refractivity contribution in [3.63, 3.8) is 0 Å². The second-order valence-corrected chi connectivity index (χ2v) is 17.8. The van der Waals surface area contributed by atoms with Gasteiger partial charge in [0, 0.05) is 34.6 Å². The summed E-state index contributed by atoms with van der Waals surface area (Å²) in [6.45, 7) is 15.7. The monoisotopic (exact) mass is 783 g/mol. The molecule has 0 saturated heterocycles. The van der Waals surface area contributed by atoms with Crippen molar-refractivity contribution < 1.29 is 5.11 Å². The average Bonchev–Trinajstić information content (AvgIpc) is 3.26. The van der Waals surface area contributed by atoms with Gasteiger partial charge in [0.2, 0.25) is 0 Å². The van der Waals surface area contributed by atoms with Crippen LogP contribution in [0.15, 0.2) is 182 Å². The Balaban J connectivity index is 1.29. The van der Waals surface area contributed by atoms with Gasteiger partial charge in [-0.05, 0) is 122 Å². The first-order valence-electron chi connectivity index (χ1n) is 20.9. The number of aromatic hydroxyl groups is 1. The van der Waals surface area contributed by atoms with E-state index in [0.717, 1.165) is 50.7 Å². The van der Waals surface area contributed by atoms with Gasteiger partial charge in [0.05, 0.1) is 11.4 Å². The summed E-state index contributed by atoms with van der Waals surface area (Å²) in [6, 6.07) is 61.5. The molecule has 0 bridgehead atoms. The molecule has 60 heavy (non-hydrogen) atoms. The van der Waals surface area contributed by atoms with Gasteiger partial charge < -0.3 is 5.11 Å². The second kappa shape index (κ2) is 16.5. The number of phenols is 1. The van der Waals surface area contributed by atoms with Gasteiger partial charge in [-0.2, -0.15) is 0 Å². The molecule has 0 fully saturated rings. The molecule has 1 atom stereocenters. The summed E-state index contributed by atoms with van der Waals surface area (Å²) in [4.78, 5) is 12.5. The topological polar surface area (TPSA) is 49.2 Å². The molecule has 0 amide bonds. The quantitative estimate of drug-likeness (QED) is 0.158. The van der Waals surface area contributed by atoms with Crippen molar-refractivity contribution >= 4 is 17.2 Å². The molecule has 298 valence electrons.